The summed E-state index contributed by atoms with van der Waals surface area (Å²) in [6.45, 7) is 0.872. The van der Waals surface area contributed by atoms with Gasteiger partial charge in [0.1, 0.15) is 18.1 Å². The molecule has 1 aromatic heterocycles. The quantitative estimate of drug-likeness (QED) is 0.343. The number of ether oxygens (including phenoxy) is 1. The van der Waals surface area contributed by atoms with E-state index in [-0.39, 0.29) is 11.6 Å². The third-order valence-corrected chi connectivity index (χ3v) is 7.07. The maximum absolute atomic E-state index is 15.3. The minimum absolute atomic E-state index is 0.0499. The van der Waals surface area contributed by atoms with Crippen molar-refractivity contribution in [3.05, 3.63) is 65.1 Å². The lowest BCUT2D eigenvalue weighted by Gasteiger charge is -2.28. The minimum atomic E-state index is -0.951. The van der Waals surface area contributed by atoms with Gasteiger partial charge in [0.2, 0.25) is 0 Å². The topological polar surface area (TPSA) is 88.1 Å². The average molecular weight is 510 g/mol. The fourth-order valence-corrected chi connectivity index (χ4v) is 5.17. The van der Waals surface area contributed by atoms with Crippen LogP contribution in [0.4, 0.5) is 4.39 Å². The van der Waals surface area contributed by atoms with Gasteiger partial charge >= 0.3 is 5.97 Å². The number of nitrogens with zero attached hydrogens (tertiary/aromatic N) is 3. The highest BCUT2D eigenvalue weighted by Crippen LogP contribution is 2.39. The van der Waals surface area contributed by atoms with Crippen LogP contribution in [0.2, 0.25) is 5.02 Å². The van der Waals surface area contributed by atoms with Crippen LogP contribution in [0.25, 0.3) is 22.4 Å². The molecule has 1 N–H and O–H groups in total. The molecule has 36 heavy (non-hydrogen) atoms. The summed E-state index contributed by atoms with van der Waals surface area (Å²) in [6.07, 6.45) is 4.61. The average Bonchev–Trinajstić information content (AvgIpc) is 3.23. The number of hydrogen-bond donors (Lipinski definition) is 1. The van der Waals surface area contributed by atoms with Crippen LogP contribution in [0.5, 0.6) is 0 Å². The van der Waals surface area contributed by atoms with Gasteiger partial charge < -0.3 is 9.84 Å². The van der Waals surface area contributed by atoms with E-state index in [1.54, 1.807) is 12.1 Å². The van der Waals surface area contributed by atoms with E-state index in [0.717, 1.165) is 36.9 Å². The van der Waals surface area contributed by atoms with Gasteiger partial charge in [0.25, 0.3) is 0 Å². The van der Waals surface area contributed by atoms with Crippen LogP contribution in [0, 0.1) is 29.0 Å². The zero-order chi connectivity index (χ0) is 25.5. The monoisotopic (exact) mass is 509 g/mol. The summed E-state index contributed by atoms with van der Waals surface area (Å²) in [5.74, 6) is -0.709. The maximum Gasteiger partial charge on any atom is 0.329 e. The molecular formula is C28H29ClFN3O3. The molecular weight excluding hydrogens is 481 g/mol. The van der Waals surface area contributed by atoms with Crippen molar-refractivity contribution in [2.24, 2.45) is 11.8 Å². The van der Waals surface area contributed by atoms with Gasteiger partial charge in [-0.25, -0.2) is 9.18 Å². The molecule has 4 rings (SSSR count). The first kappa shape index (κ1) is 25.9. The van der Waals surface area contributed by atoms with Gasteiger partial charge in [0.15, 0.2) is 0 Å². The third-order valence-electron chi connectivity index (χ3n) is 6.78. The fourth-order valence-electron chi connectivity index (χ4n) is 4.99. The summed E-state index contributed by atoms with van der Waals surface area (Å²) < 4.78 is 22.5. The van der Waals surface area contributed by atoms with E-state index in [1.165, 1.54) is 6.07 Å². The number of carboxylic acid groups (broad SMARTS) is 1. The SMILES string of the molecule is N#CCCc1c(-c2cccc(Cl)c2F)c(-c2ccccc2)nn1C[C@H]1CC[C@H](COCC(=O)O)CC1. The molecule has 6 nitrogen and oxygen atoms in total. The molecule has 0 aliphatic heterocycles. The van der Waals surface area contributed by atoms with Gasteiger partial charge in [-0.05, 0) is 43.6 Å². The van der Waals surface area contributed by atoms with Gasteiger partial charge in [0.05, 0.1) is 17.7 Å². The zero-order valence-electron chi connectivity index (χ0n) is 20.0. The van der Waals surface area contributed by atoms with Crippen molar-refractivity contribution in [1.82, 2.24) is 9.78 Å². The van der Waals surface area contributed by atoms with Gasteiger partial charge in [-0.15, -0.1) is 0 Å². The number of rotatable bonds is 10. The van der Waals surface area contributed by atoms with E-state index in [0.29, 0.717) is 54.6 Å². The van der Waals surface area contributed by atoms with E-state index in [9.17, 15) is 10.1 Å². The van der Waals surface area contributed by atoms with Gasteiger partial charge in [-0.3, -0.25) is 4.68 Å². The van der Waals surface area contributed by atoms with Crippen LogP contribution in [-0.4, -0.2) is 34.1 Å². The summed E-state index contributed by atoms with van der Waals surface area (Å²) in [5, 5.41) is 23.1. The van der Waals surface area contributed by atoms with Crippen LogP contribution in [0.3, 0.4) is 0 Å². The Morgan fingerprint density at radius 3 is 2.56 bits per heavy atom. The summed E-state index contributed by atoms with van der Waals surface area (Å²) in [7, 11) is 0. The van der Waals surface area contributed by atoms with Gasteiger partial charge in [-0.2, -0.15) is 10.4 Å². The number of benzene rings is 2. The molecule has 0 unspecified atom stereocenters. The maximum atomic E-state index is 15.3. The first-order valence-corrected chi connectivity index (χ1v) is 12.6. The molecule has 188 valence electrons. The first-order valence-electron chi connectivity index (χ1n) is 12.2. The van der Waals surface area contributed by atoms with E-state index >= 15 is 4.39 Å². The molecule has 2 aromatic carbocycles. The summed E-state index contributed by atoms with van der Waals surface area (Å²) in [5.41, 5.74) is 3.47. The third kappa shape index (κ3) is 6.13. The molecule has 1 fully saturated rings. The van der Waals surface area contributed by atoms with E-state index in [1.807, 2.05) is 35.0 Å². The van der Waals surface area contributed by atoms with Crippen molar-refractivity contribution in [2.75, 3.05) is 13.2 Å². The predicted octanol–water partition coefficient (Wildman–Crippen LogP) is 6.37. The lowest BCUT2D eigenvalue weighted by Crippen LogP contribution is -2.24. The number of carboxylic acids is 1. The van der Waals surface area contributed by atoms with Crippen molar-refractivity contribution in [1.29, 1.82) is 5.26 Å². The Balaban J connectivity index is 1.65. The summed E-state index contributed by atoms with van der Waals surface area (Å²) in [4.78, 5) is 10.7. The zero-order valence-corrected chi connectivity index (χ0v) is 20.8. The van der Waals surface area contributed by atoms with Crippen molar-refractivity contribution in [3.8, 4) is 28.5 Å². The normalized spacial score (nSPS) is 17.6. The smallest absolute Gasteiger partial charge is 0.329 e. The van der Waals surface area contributed by atoms with E-state index in [2.05, 4.69) is 6.07 Å². The van der Waals surface area contributed by atoms with Crippen molar-refractivity contribution < 1.29 is 19.0 Å². The lowest BCUT2D eigenvalue weighted by atomic mass is 9.82. The molecule has 0 bridgehead atoms. The number of aliphatic carboxylic acids is 1. The van der Waals surface area contributed by atoms with Crippen LogP contribution < -0.4 is 0 Å². The van der Waals surface area contributed by atoms with Crippen LogP contribution in [0.15, 0.2) is 48.5 Å². The number of aromatic nitrogens is 2. The Hall–Kier alpha value is -3.21. The van der Waals surface area contributed by atoms with E-state index < -0.39 is 11.8 Å². The second-order valence-electron chi connectivity index (χ2n) is 9.27. The van der Waals surface area contributed by atoms with Crippen molar-refractivity contribution >= 4 is 17.6 Å². The molecule has 0 saturated heterocycles. The standard InChI is InChI=1S/C28H29ClFN3O3/c29-23-9-4-8-22(27(23)30)26-24(10-5-15-31)33(32-28(26)21-6-2-1-3-7-21)16-19-11-13-20(14-12-19)17-36-18-25(34)35/h1-4,6-9,19-20H,5,10-14,16-18H2,(H,34,35)/t19-,20-. The molecule has 8 heteroatoms. The molecule has 1 heterocycles. The molecule has 1 aliphatic rings. The van der Waals surface area contributed by atoms with Crippen molar-refractivity contribution in [3.63, 3.8) is 0 Å². The number of halogens is 2. The Bertz CT molecular complexity index is 1230. The van der Waals surface area contributed by atoms with Crippen LogP contribution >= 0.6 is 11.6 Å². The summed E-state index contributed by atoms with van der Waals surface area (Å²) >= 11 is 6.15. The number of hydrogen-bond acceptors (Lipinski definition) is 4. The van der Waals surface area contributed by atoms with Crippen LogP contribution in [-0.2, 0) is 22.5 Å². The molecule has 0 spiro atoms. The lowest BCUT2D eigenvalue weighted by molar-refractivity contribution is -0.142. The Labute approximate surface area is 215 Å². The fraction of sp³-hybridized carbons (Fsp3) is 0.393. The molecule has 0 amide bonds. The largest absolute Gasteiger partial charge is 0.480 e. The molecule has 1 saturated carbocycles. The Morgan fingerprint density at radius 1 is 1.14 bits per heavy atom. The Morgan fingerprint density at radius 2 is 1.86 bits per heavy atom. The highest BCUT2D eigenvalue weighted by atomic mass is 35.5. The Kier molecular flexibility index (Phi) is 8.74. The highest BCUT2D eigenvalue weighted by molar-refractivity contribution is 6.31. The molecule has 0 atom stereocenters. The number of nitriles is 1. The second kappa shape index (κ2) is 12.2. The van der Waals surface area contributed by atoms with Gasteiger partial charge in [0, 0.05) is 41.8 Å². The minimum Gasteiger partial charge on any atom is -0.480 e. The molecule has 1 aliphatic carbocycles. The first-order chi connectivity index (χ1) is 17.5. The van der Waals surface area contributed by atoms with Crippen molar-refractivity contribution in [2.45, 2.75) is 45.1 Å². The second-order valence-corrected chi connectivity index (χ2v) is 9.68. The molecule has 0 radical (unpaired) electrons. The molecule has 3 aromatic rings. The predicted molar refractivity (Wildman–Crippen MR) is 136 cm³/mol. The summed E-state index contributed by atoms with van der Waals surface area (Å²) in [6, 6.07) is 16.9. The number of carbonyl (C=O) groups is 1. The van der Waals surface area contributed by atoms with Crippen LogP contribution in [0.1, 0.15) is 37.8 Å². The highest BCUT2D eigenvalue weighted by Gasteiger charge is 2.27. The van der Waals surface area contributed by atoms with Gasteiger partial charge in [-0.1, -0.05) is 54.1 Å². The van der Waals surface area contributed by atoms with E-state index in [4.69, 9.17) is 26.5 Å².